The molecule has 0 unspecified atom stereocenters. The fraction of sp³-hybridized carbons (Fsp3) is 0.364. The smallest absolute Gasteiger partial charge is 0.232 e. The molecule has 3 rings (SSSR count). The number of nitrogens with one attached hydrogen (secondary N) is 1. The summed E-state index contributed by atoms with van der Waals surface area (Å²) in [5.41, 5.74) is 5.34. The summed E-state index contributed by atoms with van der Waals surface area (Å²) < 4.78 is 11.2. The minimum atomic E-state index is -0.248. The van der Waals surface area contributed by atoms with Gasteiger partial charge in [0.1, 0.15) is 31.1 Å². The second kappa shape index (κ2) is 10.5. The Morgan fingerprint density at radius 2 is 2.03 bits per heavy atom. The average molecular weight is 460 g/mol. The highest BCUT2D eigenvalue weighted by Gasteiger charge is 2.22. The van der Waals surface area contributed by atoms with E-state index in [9.17, 15) is 0 Å². The highest BCUT2D eigenvalue weighted by Crippen LogP contribution is 2.29. The lowest BCUT2D eigenvalue weighted by molar-refractivity contribution is 0.0866. The van der Waals surface area contributed by atoms with Crippen LogP contribution in [0.3, 0.4) is 0 Å². The largest absolute Gasteiger partial charge is 0.472 e. The van der Waals surface area contributed by atoms with Gasteiger partial charge in [-0.1, -0.05) is 66.9 Å². The number of halogens is 1. The van der Waals surface area contributed by atoms with Crippen molar-refractivity contribution in [2.24, 2.45) is 5.16 Å². The number of hydrogen-bond donors (Lipinski definition) is 1. The number of pyridine rings is 1. The van der Waals surface area contributed by atoms with Gasteiger partial charge in [0.05, 0.1) is 0 Å². The minimum absolute atomic E-state index is 0.219. The highest BCUT2D eigenvalue weighted by molar-refractivity contribution is 6.32. The number of rotatable bonds is 9. The van der Waals surface area contributed by atoms with E-state index in [0.29, 0.717) is 33.9 Å². The molecule has 1 aromatic carbocycles. The van der Waals surface area contributed by atoms with Crippen molar-refractivity contribution in [1.29, 1.82) is 0 Å². The molecule has 0 amide bonds. The second-order valence-electron chi connectivity index (χ2n) is 7.84. The molecule has 170 valence electrons. The summed E-state index contributed by atoms with van der Waals surface area (Å²) in [7, 11) is 3.16. The van der Waals surface area contributed by atoms with Gasteiger partial charge in [-0.25, -0.2) is 10.5 Å². The molecule has 0 fully saturated rings. The van der Waals surface area contributed by atoms with Crippen LogP contribution < -0.4 is 10.2 Å². The van der Waals surface area contributed by atoms with Crippen LogP contribution in [0.2, 0.25) is 5.02 Å². The van der Waals surface area contributed by atoms with Gasteiger partial charge in [-0.05, 0) is 11.6 Å². The molecule has 1 N–H and O–H groups in total. The third-order valence-electron chi connectivity index (χ3n) is 4.38. The lowest BCUT2D eigenvalue weighted by atomic mass is 9.97. The van der Waals surface area contributed by atoms with E-state index in [1.165, 1.54) is 7.11 Å². The summed E-state index contributed by atoms with van der Waals surface area (Å²) in [5, 5.41) is 8.42. The summed E-state index contributed by atoms with van der Waals surface area (Å²) in [6, 6.07) is 9.35. The number of hydroxylamine groups is 1. The number of benzene rings is 1. The Labute approximate surface area is 191 Å². The first-order valence-corrected chi connectivity index (χ1v) is 10.3. The number of hydrogen-bond acceptors (Lipinski definition) is 9. The Balaban J connectivity index is 1.77. The molecule has 0 saturated heterocycles. The van der Waals surface area contributed by atoms with Crippen molar-refractivity contribution in [2.45, 2.75) is 32.8 Å². The van der Waals surface area contributed by atoms with Crippen molar-refractivity contribution in [3.8, 4) is 17.3 Å². The zero-order chi connectivity index (χ0) is 23.1. The van der Waals surface area contributed by atoms with Crippen molar-refractivity contribution in [3.05, 3.63) is 58.6 Å². The number of oxime groups is 1. The van der Waals surface area contributed by atoms with Gasteiger partial charge in [0.25, 0.3) is 0 Å². The fourth-order valence-electron chi connectivity index (χ4n) is 2.78. The van der Waals surface area contributed by atoms with Crippen LogP contribution in [0.1, 0.15) is 37.8 Å². The fourth-order valence-corrected chi connectivity index (χ4v) is 3.00. The van der Waals surface area contributed by atoms with E-state index in [2.05, 4.69) is 25.8 Å². The molecular weight excluding hydrogens is 434 g/mol. The Morgan fingerprint density at radius 1 is 1.25 bits per heavy atom. The standard InChI is InChI=1S/C22H26ClN5O4/c1-22(2,3)21-26-19(28-32-21)15-10-17(23)20(25-11-15)30-12-14-8-6-7-9-16(14)18(27-29-5)13-31-24-4/h6-11,24H,12-13H2,1-5H3/b27-18-. The molecule has 0 atom stereocenters. The van der Waals surface area contributed by atoms with Gasteiger partial charge in [0, 0.05) is 29.8 Å². The molecule has 0 saturated carbocycles. The second-order valence-corrected chi connectivity index (χ2v) is 8.25. The van der Waals surface area contributed by atoms with Gasteiger partial charge in [0.2, 0.25) is 17.6 Å². The van der Waals surface area contributed by atoms with Crippen LogP contribution in [0.15, 0.2) is 46.2 Å². The van der Waals surface area contributed by atoms with Gasteiger partial charge in [-0.3, -0.25) is 4.84 Å². The van der Waals surface area contributed by atoms with Crippen LogP contribution in [0.4, 0.5) is 0 Å². The van der Waals surface area contributed by atoms with E-state index in [-0.39, 0.29) is 18.6 Å². The molecular formula is C22H26ClN5O4. The summed E-state index contributed by atoms with van der Waals surface area (Å²) in [4.78, 5) is 19.0. The summed E-state index contributed by atoms with van der Waals surface area (Å²) in [6.07, 6.45) is 1.60. The molecule has 0 aliphatic carbocycles. The van der Waals surface area contributed by atoms with Gasteiger partial charge >= 0.3 is 0 Å². The molecule has 0 spiro atoms. The molecule has 9 nitrogen and oxygen atoms in total. The Hall–Kier alpha value is -3.01. The number of nitrogens with zero attached hydrogens (tertiary/aromatic N) is 4. The first-order valence-electron chi connectivity index (χ1n) is 9.93. The molecule has 0 bridgehead atoms. The Bertz CT molecular complexity index is 1080. The first kappa shape index (κ1) is 23.6. The third kappa shape index (κ3) is 5.82. The highest BCUT2D eigenvalue weighted by atomic mass is 35.5. The lowest BCUT2D eigenvalue weighted by Gasteiger charge is -2.13. The van der Waals surface area contributed by atoms with Crippen molar-refractivity contribution >= 4 is 17.3 Å². The first-order chi connectivity index (χ1) is 15.3. The van der Waals surface area contributed by atoms with Crippen molar-refractivity contribution < 1.29 is 18.9 Å². The number of ether oxygens (including phenoxy) is 1. The Kier molecular flexibility index (Phi) is 7.79. The quantitative estimate of drug-likeness (QED) is 0.375. The van der Waals surface area contributed by atoms with Crippen molar-refractivity contribution in [1.82, 2.24) is 20.6 Å². The molecule has 0 aliphatic heterocycles. The maximum absolute atomic E-state index is 6.42. The van der Waals surface area contributed by atoms with E-state index in [1.807, 2.05) is 45.0 Å². The van der Waals surface area contributed by atoms with Crippen LogP contribution in [-0.4, -0.2) is 41.6 Å². The van der Waals surface area contributed by atoms with Crippen LogP contribution in [0, 0.1) is 0 Å². The maximum atomic E-state index is 6.42. The number of aromatic nitrogens is 3. The molecule has 2 aromatic heterocycles. The van der Waals surface area contributed by atoms with Crippen LogP contribution >= 0.6 is 11.6 Å². The van der Waals surface area contributed by atoms with Gasteiger partial charge in [0.15, 0.2) is 0 Å². The summed E-state index contributed by atoms with van der Waals surface area (Å²) in [6.45, 7) is 6.44. The minimum Gasteiger partial charge on any atom is -0.472 e. The summed E-state index contributed by atoms with van der Waals surface area (Å²) in [5.74, 6) is 1.25. The predicted octanol–water partition coefficient (Wildman–Crippen LogP) is 4.16. The van der Waals surface area contributed by atoms with Crippen LogP contribution in [0.5, 0.6) is 5.88 Å². The van der Waals surface area contributed by atoms with E-state index in [4.69, 9.17) is 30.5 Å². The van der Waals surface area contributed by atoms with E-state index in [0.717, 1.165) is 11.1 Å². The summed E-state index contributed by atoms with van der Waals surface area (Å²) >= 11 is 6.42. The zero-order valence-corrected chi connectivity index (χ0v) is 19.4. The SMILES string of the molecule is CNOC/C(=N/OC)c1ccccc1COc1ncc(-c2noc(C(C)(C)C)n2)cc1Cl. The molecule has 32 heavy (non-hydrogen) atoms. The van der Waals surface area contributed by atoms with Gasteiger partial charge in [-0.15, -0.1) is 0 Å². The Morgan fingerprint density at radius 3 is 2.69 bits per heavy atom. The zero-order valence-electron chi connectivity index (χ0n) is 18.7. The van der Waals surface area contributed by atoms with Crippen molar-refractivity contribution in [2.75, 3.05) is 20.8 Å². The third-order valence-corrected chi connectivity index (χ3v) is 4.65. The van der Waals surface area contributed by atoms with Crippen molar-refractivity contribution in [3.63, 3.8) is 0 Å². The molecule has 2 heterocycles. The van der Waals surface area contributed by atoms with E-state index < -0.39 is 0 Å². The topological polar surface area (TPSA) is 104 Å². The predicted molar refractivity (Wildman–Crippen MR) is 121 cm³/mol. The lowest BCUT2D eigenvalue weighted by Crippen LogP contribution is -2.19. The van der Waals surface area contributed by atoms with Gasteiger partial charge in [-0.2, -0.15) is 4.98 Å². The normalized spacial score (nSPS) is 12.1. The molecule has 3 aromatic rings. The molecule has 10 heteroatoms. The monoisotopic (exact) mass is 459 g/mol. The van der Waals surface area contributed by atoms with E-state index in [1.54, 1.807) is 19.3 Å². The van der Waals surface area contributed by atoms with E-state index >= 15 is 0 Å². The van der Waals surface area contributed by atoms with Crippen LogP contribution in [-0.2, 0) is 21.7 Å². The van der Waals surface area contributed by atoms with Gasteiger partial charge < -0.3 is 14.1 Å². The molecule has 0 radical (unpaired) electrons. The maximum Gasteiger partial charge on any atom is 0.232 e. The van der Waals surface area contributed by atoms with Crippen LogP contribution in [0.25, 0.3) is 11.4 Å². The average Bonchev–Trinajstić information content (AvgIpc) is 3.27. The molecule has 0 aliphatic rings.